The Bertz CT molecular complexity index is 2790. The van der Waals surface area contributed by atoms with Crippen LogP contribution in [0.1, 0.15) is 22.3 Å². The van der Waals surface area contributed by atoms with Crippen molar-refractivity contribution in [2.24, 2.45) is 0 Å². The van der Waals surface area contributed by atoms with Crippen LogP contribution in [-0.2, 0) is 5.41 Å². The Balaban J connectivity index is 1.15. The molecule has 2 nitrogen and oxygen atoms in total. The maximum atomic E-state index is 6.87. The molecule has 0 atom stereocenters. The first-order valence-corrected chi connectivity index (χ1v) is 17.5. The number of para-hydroxylation sites is 2. The third kappa shape index (κ3) is 3.99. The summed E-state index contributed by atoms with van der Waals surface area (Å²) in [6, 6.07) is 65.4. The van der Waals surface area contributed by atoms with Crippen molar-refractivity contribution in [2.45, 2.75) is 5.41 Å². The van der Waals surface area contributed by atoms with E-state index in [2.05, 4.69) is 170 Å². The number of hydrogen-bond acceptors (Lipinski definition) is 2. The molecule has 0 unspecified atom stereocenters. The van der Waals surface area contributed by atoms with E-state index in [9.17, 15) is 0 Å². The minimum absolute atomic E-state index is 0.481. The minimum Gasteiger partial charge on any atom is -0.457 e. The fourth-order valence-corrected chi connectivity index (χ4v) is 8.80. The number of rotatable bonds is 3. The molecule has 8 aromatic carbocycles. The van der Waals surface area contributed by atoms with Gasteiger partial charge in [0.1, 0.15) is 22.7 Å². The number of benzene rings is 8. The van der Waals surface area contributed by atoms with E-state index < -0.39 is 5.41 Å². The Morgan fingerprint density at radius 3 is 1.73 bits per heavy atom. The van der Waals surface area contributed by atoms with Crippen molar-refractivity contribution in [1.82, 2.24) is 0 Å². The fourth-order valence-electron chi connectivity index (χ4n) is 8.80. The van der Waals surface area contributed by atoms with Gasteiger partial charge in [0.05, 0.1) is 5.41 Å². The average Bonchev–Trinajstić information content (AvgIpc) is 3.72. The summed E-state index contributed by atoms with van der Waals surface area (Å²) in [7, 11) is 0. The molecule has 1 spiro atoms. The SMILES string of the molecule is c1ccc(-c2cc(-c3ccc4c(c3)Oc3ccccc3C43c4ccccc4-c4ccccc43)cc(-c3cccc4oc5ccccc5c34)c2)cc1. The number of furan rings is 1. The molecule has 0 N–H and O–H groups in total. The monoisotopic (exact) mass is 650 g/mol. The van der Waals surface area contributed by atoms with Crippen molar-refractivity contribution >= 4 is 21.9 Å². The lowest BCUT2D eigenvalue weighted by Crippen LogP contribution is -2.32. The lowest BCUT2D eigenvalue weighted by Gasteiger charge is -2.39. The second-order valence-corrected chi connectivity index (χ2v) is 13.6. The molecule has 51 heavy (non-hydrogen) atoms. The van der Waals surface area contributed by atoms with Gasteiger partial charge in [-0.1, -0.05) is 140 Å². The van der Waals surface area contributed by atoms with Crippen LogP contribution in [0.25, 0.3) is 66.4 Å². The van der Waals surface area contributed by atoms with Crippen LogP contribution in [0, 0.1) is 0 Å². The normalized spacial score (nSPS) is 13.4. The Labute approximate surface area is 295 Å². The molecule has 1 aromatic heterocycles. The van der Waals surface area contributed by atoms with Gasteiger partial charge in [0.2, 0.25) is 0 Å². The molecule has 2 aliphatic rings. The van der Waals surface area contributed by atoms with E-state index in [0.29, 0.717) is 0 Å². The molecular formula is C49H30O2. The van der Waals surface area contributed by atoms with Gasteiger partial charge in [-0.05, 0) is 98.1 Å². The van der Waals surface area contributed by atoms with E-state index in [4.69, 9.17) is 9.15 Å². The Morgan fingerprint density at radius 1 is 0.333 bits per heavy atom. The van der Waals surface area contributed by atoms with Gasteiger partial charge in [0.15, 0.2) is 0 Å². The maximum Gasteiger partial charge on any atom is 0.136 e. The van der Waals surface area contributed by atoms with Crippen molar-refractivity contribution in [3.8, 4) is 56.0 Å². The van der Waals surface area contributed by atoms with E-state index in [-0.39, 0.29) is 0 Å². The van der Waals surface area contributed by atoms with Gasteiger partial charge in [-0.25, -0.2) is 0 Å². The fraction of sp³-hybridized carbons (Fsp3) is 0.0204. The van der Waals surface area contributed by atoms with Gasteiger partial charge in [-0.3, -0.25) is 0 Å². The van der Waals surface area contributed by atoms with Gasteiger partial charge in [-0.2, -0.15) is 0 Å². The summed E-state index contributed by atoms with van der Waals surface area (Å²) in [5.74, 6) is 1.78. The van der Waals surface area contributed by atoms with Crippen LogP contribution in [0.3, 0.4) is 0 Å². The molecule has 0 radical (unpaired) electrons. The van der Waals surface area contributed by atoms with Gasteiger partial charge in [0, 0.05) is 21.9 Å². The molecule has 2 heteroatoms. The summed E-state index contributed by atoms with van der Waals surface area (Å²) in [6.07, 6.45) is 0. The summed E-state index contributed by atoms with van der Waals surface area (Å²) < 4.78 is 13.2. The molecule has 0 saturated carbocycles. The van der Waals surface area contributed by atoms with Crippen molar-refractivity contribution in [2.75, 3.05) is 0 Å². The van der Waals surface area contributed by atoms with Crippen LogP contribution in [0.2, 0.25) is 0 Å². The van der Waals surface area contributed by atoms with Crippen molar-refractivity contribution < 1.29 is 9.15 Å². The van der Waals surface area contributed by atoms with Crippen molar-refractivity contribution in [3.63, 3.8) is 0 Å². The topological polar surface area (TPSA) is 22.4 Å². The quantitative estimate of drug-likeness (QED) is 0.190. The smallest absolute Gasteiger partial charge is 0.136 e. The highest BCUT2D eigenvalue weighted by Gasteiger charge is 2.50. The predicted molar refractivity (Wildman–Crippen MR) is 207 cm³/mol. The maximum absolute atomic E-state index is 6.87. The first-order valence-electron chi connectivity index (χ1n) is 17.5. The first-order chi connectivity index (χ1) is 25.3. The predicted octanol–water partition coefficient (Wildman–Crippen LogP) is 13.1. The first kappa shape index (κ1) is 28.2. The van der Waals surface area contributed by atoms with E-state index in [1.165, 1.54) is 33.4 Å². The summed E-state index contributed by atoms with van der Waals surface area (Å²) in [6.45, 7) is 0. The Kier molecular flexibility index (Phi) is 5.91. The zero-order valence-electron chi connectivity index (χ0n) is 27.6. The second-order valence-electron chi connectivity index (χ2n) is 13.6. The van der Waals surface area contributed by atoms with E-state index in [0.717, 1.165) is 66.8 Å². The van der Waals surface area contributed by atoms with Gasteiger partial charge < -0.3 is 9.15 Å². The summed E-state index contributed by atoms with van der Waals surface area (Å²) in [5.41, 5.74) is 15.7. The highest BCUT2D eigenvalue weighted by atomic mass is 16.5. The lowest BCUT2D eigenvalue weighted by molar-refractivity contribution is 0.436. The van der Waals surface area contributed by atoms with Gasteiger partial charge >= 0.3 is 0 Å². The van der Waals surface area contributed by atoms with E-state index in [1.54, 1.807) is 0 Å². The van der Waals surface area contributed by atoms with Crippen LogP contribution >= 0.6 is 0 Å². The Hall–Kier alpha value is -6.64. The summed E-state index contributed by atoms with van der Waals surface area (Å²) in [4.78, 5) is 0. The lowest BCUT2D eigenvalue weighted by atomic mass is 9.66. The van der Waals surface area contributed by atoms with Crippen molar-refractivity contribution in [1.29, 1.82) is 0 Å². The van der Waals surface area contributed by atoms with Crippen LogP contribution in [-0.4, -0.2) is 0 Å². The zero-order valence-corrected chi connectivity index (χ0v) is 27.6. The Morgan fingerprint density at radius 2 is 0.922 bits per heavy atom. The number of fused-ring (bicyclic) bond motifs is 12. The molecule has 0 fully saturated rings. The molecule has 0 bridgehead atoms. The highest BCUT2D eigenvalue weighted by molar-refractivity contribution is 6.12. The van der Waals surface area contributed by atoms with Gasteiger partial charge in [0.25, 0.3) is 0 Å². The molecule has 2 heterocycles. The molecule has 11 rings (SSSR count). The molecule has 0 amide bonds. The zero-order chi connectivity index (χ0) is 33.5. The minimum atomic E-state index is -0.481. The second kappa shape index (κ2) is 10.7. The van der Waals surface area contributed by atoms with Crippen LogP contribution in [0.5, 0.6) is 11.5 Å². The van der Waals surface area contributed by atoms with Crippen LogP contribution < -0.4 is 4.74 Å². The van der Waals surface area contributed by atoms with Crippen molar-refractivity contribution in [3.05, 3.63) is 204 Å². The van der Waals surface area contributed by atoms with Crippen LogP contribution in [0.4, 0.5) is 0 Å². The molecule has 9 aromatic rings. The van der Waals surface area contributed by atoms with Crippen LogP contribution in [0.15, 0.2) is 186 Å². The highest BCUT2D eigenvalue weighted by Crippen LogP contribution is 2.62. The molecular weight excluding hydrogens is 621 g/mol. The standard InChI is InChI=1S/C49H30O2/c1-2-13-31(14-3-1)33-27-34(29-35(28-33)36-18-12-24-46-48(36)39-17-6-10-22-44(39)50-46)32-25-26-43-47(30-32)51-45-23-11-9-21-42(45)49(43)40-19-7-4-15-37(40)38-16-5-8-20-41(38)49/h1-30H. The molecule has 238 valence electrons. The van der Waals surface area contributed by atoms with E-state index in [1.807, 2.05) is 12.1 Å². The largest absolute Gasteiger partial charge is 0.457 e. The third-order valence-corrected chi connectivity index (χ3v) is 10.9. The molecule has 1 aliphatic heterocycles. The third-order valence-electron chi connectivity index (χ3n) is 10.9. The summed E-state index contributed by atoms with van der Waals surface area (Å²) in [5, 5.41) is 2.26. The number of ether oxygens (including phenoxy) is 1. The average molecular weight is 651 g/mol. The van der Waals surface area contributed by atoms with Gasteiger partial charge in [-0.15, -0.1) is 0 Å². The summed E-state index contributed by atoms with van der Waals surface area (Å²) >= 11 is 0. The van der Waals surface area contributed by atoms with E-state index >= 15 is 0 Å². The molecule has 1 aliphatic carbocycles. The molecule has 0 saturated heterocycles. The number of hydrogen-bond donors (Lipinski definition) is 0.